The first-order valence-electron chi connectivity index (χ1n) is 10.9. The second-order valence-electron chi connectivity index (χ2n) is 7.86. The van der Waals surface area contributed by atoms with E-state index in [1.807, 2.05) is 29.6 Å². The van der Waals surface area contributed by atoms with Crippen molar-refractivity contribution in [2.45, 2.75) is 32.4 Å². The first-order chi connectivity index (χ1) is 16.2. The summed E-state index contributed by atoms with van der Waals surface area (Å²) in [5.41, 5.74) is 5.83. The number of nitrogens with one attached hydrogen (secondary N) is 1. The molecule has 0 aliphatic carbocycles. The van der Waals surface area contributed by atoms with Gasteiger partial charge in [-0.25, -0.2) is 9.97 Å². The lowest BCUT2D eigenvalue weighted by Crippen LogP contribution is -2.12. The number of methoxy groups -OCH3 is 1. The van der Waals surface area contributed by atoms with Crippen LogP contribution in [-0.2, 0) is 19.6 Å². The van der Waals surface area contributed by atoms with Crippen LogP contribution in [0.5, 0.6) is 11.5 Å². The minimum atomic E-state index is -0.218. The number of anilines is 1. The summed E-state index contributed by atoms with van der Waals surface area (Å²) in [6.45, 7) is 1.38. The highest BCUT2D eigenvalue weighted by atomic mass is 32.1. The lowest BCUT2D eigenvalue weighted by molar-refractivity contribution is 0.102. The summed E-state index contributed by atoms with van der Waals surface area (Å²) >= 11 is 1.52. The van der Waals surface area contributed by atoms with Crippen LogP contribution in [0, 0.1) is 0 Å². The predicted octanol–water partition coefficient (Wildman–Crippen LogP) is 5.18. The number of aryl methyl sites for hydroxylation is 2. The van der Waals surface area contributed by atoms with E-state index >= 15 is 0 Å². The first kappa shape index (κ1) is 21.2. The number of fused-ring (bicyclic) bond motifs is 1. The van der Waals surface area contributed by atoms with Gasteiger partial charge in [-0.1, -0.05) is 12.1 Å². The minimum absolute atomic E-state index is 0.218. The van der Waals surface area contributed by atoms with Crippen LogP contribution in [0.3, 0.4) is 0 Å². The molecule has 8 heteroatoms. The largest absolute Gasteiger partial charge is 0.493 e. The SMILES string of the molecule is COc1cc(C(=O)Nc2ccc(-c3cn4c(n3)CCCC4)cc2)ccc1OCc1cscn1. The molecule has 0 fully saturated rings. The number of hydrogen-bond acceptors (Lipinski definition) is 6. The molecule has 0 spiro atoms. The van der Waals surface area contributed by atoms with Crippen molar-refractivity contribution in [1.29, 1.82) is 0 Å². The summed E-state index contributed by atoms with van der Waals surface area (Å²) < 4.78 is 13.5. The number of benzene rings is 2. The van der Waals surface area contributed by atoms with Crippen LogP contribution < -0.4 is 14.8 Å². The summed E-state index contributed by atoms with van der Waals surface area (Å²) in [7, 11) is 1.55. The highest BCUT2D eigenvalue weighted by molar-refractivity contribution is 7.07. The van der Waals surface area contributed by atoms with Crippen LogP contribution in [0.15, 0.2) is 59.6 Å². The monoisotopic (exact) mass is 460 g/mol. The summed E-state index contributed by atoms with van der Waals surface area (Å²) in [5.74, 6) is 2.00. The Kier molecular flexibility index (Phi) is 6.08. The highest BCUT2D eigenvalue weighted by Crippen LogP contribution is 2.29. The quantitative estimate of drug-likeness (QED) is 0.411. The fourth-order valence-corrected chi connectivity index (χ4v) is 4.41. The smallest absolute Gasteiger partial charge is 0.255 e. The Morgan fingerprint density at radius 2 is 2.03 bits per heavy atom. The highest BCUT2D eigenvalue weighted by Gasteiger charge is 2.14. The lowest BCUT2D eigenvalue weighted by Gasteiger charge is -2.12. The van der Waals surface area contributed by atoms with Gasteiger partial charge < -0.3 is 19.4 Å². The average Bonchev–Trinajstić information content (AvgIpc) is 3.53. The molecule has 0 radical (unpaired) electrons. The Morgan fingerprint density at radius 1 is 1.15 bits per heavy atom. The Bertz CT molecular complexity index is 1230. The van der Waals surface area contributed by atoms with Crippen molar-refractivity contribution in [3.63, 3.8) is 0 Å². The minimum Gasteiger partial charge on any atom is -0.493 e. The standard InChI is InChI=1S/C25H24N4O3S/c1-31-23-12-18(7-10-22(23)32-14-20-15-33-16-26-20)25(30)27-19-8-5-17(6-9-19)21-13-29-11-3-2-4-24(29)28-21/h5-10,12-13,15-16H,2-4,11,14H2,1H3,(H,27,30). The van der Waals surface area contributed by atoms with E-state index in [9.17, 15) is 4.79 Å². The Balaban J connectivity index is 1.25. The zero-order chi connectivity index (χ0) is 22.6. The van der Waals surface area contributed by atoms with Gasteiger partial charge in [0.15, 0.2) is 11.5 Å². The third-order valence-corrected chi connectivity index (χ3v) is 6.27. The number of thiazole rings is 1. The van der Waals surface area contributed by atoms with Gasteiger partial charge in [0.25, 0.3) is 5.91 Å². The molecule has 1 N–H and O–H groups in total. The second kappa shape index (κ2) is 9.46. The van der Waals surface area contributed by atoms with Crippen molar-refractivity contribution >= 4 is 22.9 Å². The fourth-order valence-electron chi connectivity index (χ4n) is 3.87. The van der Waals surface area contributed by atoms with E-state index in [1.54, 1.807) is 30.8 Å². The molecule has 5 rings (SSSR count). The molecule has 7 nitrogen and oxygen atoms in total. The number of ether oxygens (including phenoxy) is 2. The molecule has 0 saturated heterocycles. The maximum Gasteiger partial charge on any atom is 0.255 e. The van der Waals surface area contributed by atoms with Gasteiger partial charge in [-0.3, -0.25) is 4.79 Å². The van der Waals surface area contributed by atoms with Gasteiger partial charge in [0, 0.05) is 41.4 Å². The van der Waals surface area contributed by atoms with Crippen molar-refractivity contribution in [3.8, 4) is 22.8 Å². The molecule has 0 atom stereocenters. The molecule has 2 aromatic heterocycles. The van der Waals surface area contributed by atoms with E-state index in [0.717, 1.165) is 41.4 Å². The van der Waals surface area contributed by atoms with Crippen LogP contribution in [0.4, 0.5) is 5.69 Å². The number of amides is 1. The molecule has 2 aromatic carbocycles. The molecular formula is C25H24N4O3S. The molecule has 0 bridgehead atoms. The van der Waals surface area contributed by atoms with Gasteiger partial charge in [0.1, 0.15) is 12.4 Å². The molecular weight excluding hydrogens is 436 g/mol. The van der Waals surface area contributed by atoms with Gasteiger partial charge >= 0.3 is 0 Å². The van der Waals surface area contributed by atoms with E-state index in [2.05, 4.69) is 21.1 Å². The number of aromatic nitrogens is 3. The van der Waals surface area contributed by atoms with Crippen molar-refractivity contribution in [2.24, 2.45) is 0 Å². The number of carbonyl (C=O) groups excluding carboxylic acids is 1. The van der Waals surface area contributed by atoms with E-state index in [-0.39, 0.29) is 5.91 Å². The van der Waals surface area contributed by atoms with Gasteiger partial charge in [-0.15, -0.1) is 11.3 Å². The third-order valence-electron chi connectivity index (χ3n) is 5.63. The van der Waals surface area contributed by atoms with E-state index < -0.39 is 0 Å². The van der Waals surface area contributed by atoms with Crippen LogP contribution >= 0.6 is 11.3 Å². The zero-order valence-corrected chi connectivity index (χ0v) is 19.1. The van der Waals surface area contributed by atoms with Crippen LogP contribution in [0.2, 0.25) is 0 Å². The Hall–Kier alpha value is -3.65. The number of carbonyl (C=O) groups is 1. The molecule has 0 saturated carbocycles. The zero-order valence-electron chi connectivity index (χ0n) is 18.3. The van der Waals surface area contributed by atoms with Crippen LogP contribution in [0.1, 0.15) is 34.7 Å². The molecule has 1 amide bonds. The van der Waals surface area contributed by atoms with Crippen molar-refractivity contribution in [2.75, 3.05) is 12.4 Å². The topological polar surface area (TPSA) is 78.3 Å². The molecule has 1 aliphatic rings. The van der Waals surface area contributed by atoms with Crippen molar-refractivity contribution < 1.29 is 14.3 Å². The summed E-state index contributed by atoms with van der Waals surface area (Å²) in [6, 6.07) is 12.9. The van der Waals surface area contributed by atoms with Crippen molar-refractivity contribution in [3.05, 3.63) is 76.6 Å². The van der Waals surface area contributed by atoms with Crippen LogP contribution in [0.25, 0.3) is 11.3 Å². The van der Waals surface area contributed by atoms with E-state index in [0.29, 0.717) is 23.7 Å². The van der Waals surface area contributed by atoms with Gasteiger partial charge in [0.05, 0.1) is 24.0 Å². The number of imidazole rings is 1. The fraction of sp³-hybridized carbons (Fsp3) is 0.240. The molecule has 0 unspecified atom stereocenters. The Morgan fingerprint density at radius 3 is 2.79 bits per heavy atom. The maximum absolute atomic E-state index is 12.8. The molecule has 3 heterocycles. The second-order valence-corrected chi connectivity index (χ2v) is 8.58. The lowest BCUT2D eigenvalue weighted by atomic mass is 10.1. The molecule has 33 heavy (non-hydrogen) atoms. The first-order valence-corrected chi connectivity index (χ1v) is 11.8. The van der Waals surface area contributed by atoms with Gasteiger partial charge in [0.2, 0.25) is 0 Å². The number of rotatable bonds is 7. The van der Waals surface area contributed by atoms with Crippen molar-refractivity contribution in [1.82, 2.24) is 14.5 Å². The van der Waals surface area contributed by atoms with E-state index in [1.165, 1.54) is 24.2 Å². The van der Waals surface area contributed by atoms with E-state index in [4.69, 9.17) is 14.5 Å². The normalized spacial score (nSPS) is 12.8. The molecule has 1 aliphatic heterocycles. The number of nitrogens with zero attached hydrogens (tertiary/aromatic N) is 3. The predicted molar refractivity (Wildman–Crippen MR) is 128 cm³/mol. The van der Waals surface area contributed by atoms with Gasteiger partial charge in [-0.2, -0.15) is 0 Å². The summed E-state index contributed by atoms with van der Waals surface area (Å²) in [6.07, 6.45) is 5.56. The number of hydrogen-bond donors (Lipinski definition) is 1. The van der Waals surface area contributed by atoms with Gasteiger partial charge in [-0.05, 0) is 43.2 Å². The maximum atomic E-state index is 12.8. The molecule has 168 valence electrons. The average molecular weight is 461 g/mol. The third kappa shape index (κ3) is 4.75. The molecule has 4 aromatic rings. The summed E-state index contributed by atoms with van der Waals surface area (Å²) in [5, 5.41) is 4.87. The Labute approximate surface area is 196 Å². The van der Waals surface area contributed by atoms with Crippen LogP contribution in [-0.4, -0.2) is 27.6 Å². The summed E-state index contributed by atoms with van der Waals surface area (Å²) in [4.78, 5) is 21.8.